The molecule has 0 radical (unpaired) electrons. The third kappa shape index (κ3) is 2.77. The van der Waals surface area contributed by atoms with Gasteiger partial charge in [0.1, 0.15) is 11.6 Å². The van der Waals surface area contributed by atoms with E-state index in [2.05, 4.69) is 0 Å². The highest BCUT2D eigenvalue weighted by atomic mass is 19.1. The fourth-order valence-corrected chi connectivity index (χ4v) is 1.91. The standard InChI is InChI=1S/C12H18F2N2/c1-3-16(4-2)12(8-15)10-7-9(13)5-6-11(10)14/h5-7,12H,3-4,8,15H2,1-2H3/t12-/m0/s1. The van der Waals surface area contributed by atoms with Crippen molar-refractivity contribution in [2.75, 3.05) is 19.6 Å². The van der Waals surface area contributed by atoms with E-state index in [1.807, 2.05) is 18.7 Å². The van der Waals surface area contributed by atoms with Gasteiger partial charge in [-0.2, -0.15) is 0 Å². The Morgan fingerprint density at radius 1 is 1.25 bits per heavy atom. The molecule has 1 aromatic carbocycles. The van der Waals surface area contributed by atoms with Crippen LogP contribution in [0.5, 0.6) is 0 Å². The van der Waals surface area contributed by atoms with E-state index in [4.69, 9.17) is 5.73 Å². The monoisotopic (exact) mass is 228 g/mol. The summed E-state index contributed by atoms with van der Waals surface area (Å²) in [6.45, 7) is 5.75. The summed E-state index contributed by atoms with van der Waals surface area (Å²) in [6.07, 6.45) is 0. The summed E-state index contributed by atoms with van der Waals surface area (Å²) >= 11 is 0. The van der Waals surface area contributed by atoms with Gasteiger partial charge in [0, 0.05) is 18.2 Å². The molecule has 4 heteroatoms. The Balaban J connectivity index is 3.06. The van der Waals surface area contributed by atoms with Crippen molar-refractivity contribution in [2.24, 2.45) is 5.73 Å². The molecule has 0 aliphatic rings. The van der Waals surface area contributed by atoms with Crippen molar-refractivity contribution < 1.29 is 8.78 Å². The van der Waals surface area contributed by atoms with Crippen molar-refractivity contribution in [3.05, 3.63) is 35.4 Å². The predicted molar refractivity (Wildman–Crippen MR) is 61.1 cm³/mol. The van der Waals surface area contributed by atoms with Gasteiger partial charge < -0.3 is 5.73 Å². The largest absolute Gasteiger partial charge is 0.329 e. The van der Waals surface area contributed by atoms with Crippen LogP contribution in [0.15, 0.2) is 18.2 Å². The minimum absolute atomic E-state index is 0.259. The van der Waals surface area contributed by atoms with Crippen LogP contribution in [-0.2, 0) is 0 Å². The molecule has 0 aliphatic heterocycles. The van der Waals surface area contributed by atoms with Crippen LogP contribution in [0.1, 0.15) is 25.5 Å². The van der Waals surface area contributed by atoms with Gasteiger partial charge in [-0.3, -0.25) is 4.90 Å². The molecule has 0 heterocycles. The zero-order valence-electron chi connectivity index (χ0n) is 9.71. The van der Waals surface area contributed by atoms with Gasteiger partial charge in [-0.25, -0.2) is 8.78 Å². The predicted octanol–water partition coefficient (Wildman–Crippen LogP) is 2.31. The first-order chi connectivity index (χ1) is 7.63. The van der Waals surface area contributed by atoms with Crippen LogP contribution in [-0.4, -0.2) is 24.5 Å². The molecule has 0 fully saturated rings. The molecule has 90 valence electrons. The van der Waals surface area contributed by atoms with Crippen LogP contribution in [0, 0.1) is 11.6 Å². The summed E-state index contributed by atoms with van der Waals surface area (Å²) < 4.78 is 26.7. The van der Waals surface area contributed by atoms with Crippen LogP contribution < -0.4 is 5.73 Å². The minimum atomic E-state index is -0.429. The Labute approximate surface area is 95.1 Å². The molecule has 0 saturated carbocycles. The van der Waals surface area contributed by atoms with Gasteiger partial charge in [0.25, 0.3) is 0 Å². The molecular weight excluding hydrogens is 210 g/mol. The lowest BCUT2D eigenvalue weighted by Gasteiger charge is -2.29. The topological polar surface area (TPSA) is 29.3 Å². The Hall–Kier alpha value is -1.00. The molecule has 0 bridgehead atoms. The van der Waals surface area contributed by atoms with Crippen LogP contribution in [0.4, 0.5) is 8.78 Å². The Kier molecular flexibility index (Phi) is 4.83. The van der Waals surface area contributed by atoms with Gasteiger partial charge in [-0.15, -0.1) is 0 Å². The summed E-state index contributed by atoms with van der Waals surface area (Å²) in [4.78, 5) is 2.01. The van der Waals surface area contributed by atoms with E-state index in [1.54, 1.807) is 0 Å². The molecule has 0 amide bonds. The van der Waals surface area contributed by atoms with Crippen LogP contribution in [0.3, 0.4) is 0 Å². The highest BCUT2D eigenvalue weighted by Crippen LogP contribution is 2.23. The van der Waals surface area contributed by atoms with Gasteiger partial charge in [-0.1, -0.05) is 13.8 Å². The number of rotatable bonds is 5. The van der Waals surface area contributed by atoms with E-state index in [9.17, 15) is 8.78 Å². The number of nitrogens with zero attached hydrogens (tertiary/aromatic N) is 1. The first-order valence-corrected chi connectivity index (χ1v) is 5.53. The molecule has 0 aliphatic carbocycles. The van der Waals surface area contributed by atoms with Crippen molar-refractivity contribution in [3.63, 3.8) is 0 Å². The maximum absolute atomic E-state index is 13.6. The van der Waals surface area contributed by atoms with Gasteiger partial charge in [0.05, 0.1) is 0 Å². The third-order valence-corrected chi connectivity index (χ3v) is 2.79. The van der Waals surface area contributed by atoms with E-state index < -0.39 is 11.6 Å². The second-order valence-corrected chi connectivity index (χ2v) is 3.64. The molecule has 0 aromatic heterocycles. The number of benzene rings is 1. The highest BCUT2D eigenvalue weighted by molar-refractivity contribution is 5.22. The molecule has 2 nitrogen and oxygen atoms in total. The zero-order valence-corrected chi connectivity index (χ0v) is 9.71. The molecule has 1 aromatic rings. The van der Waals surface area contributed by atoms with Crippen molar-refractivity contribution in [2.45, 2.75) is 19.9 Å². The number of hydrogen-bond donors (Lipinski definition) is 1. The molecule has 0 unspecified atom stereocenters. The summed E-state index contributed by atoms with van der Waals surface area (Å²) in [5.41, 5.74) is 5.98. The Morgan fingerprint density at radius 3 is 2.38 bits per heavy atom. The van der Waals surface area contributed by atoms with E-state index >= 15 is 0 Å². The zero-order chi connectivity index (χ0) is 12.1. The molecule has 16 heavy (non-hydrogen) atoms. The fourth-order valence-electron chi connectivity index (χ4n) is 1.91. The highest BCUT2D eigenvalue weighted by Gasteiger charge is 2.20. The lowest BCUT2D eigenvalue weighted by Crippen LogP contribution is -2.34. The second kappa shape index (κ2) is 5.92. The van der Waals surface area contributed by atoms with Crippen molar-refractivity contribution in [1.82, 2.24) is 4.90 Å². The van der Waals surface area contributed by atoms with E-state index in [-0.39, 0.29) is 12.6 Å². The summed E-state index contributed by atoms with van der Waals surface area (Å²) in [5.74, 6) is -0.828. The quantitative estimate of drug-likeness (QED) is 0.838. The SMILES string of the molecule is CCN(CC)[C@@H](CN)c1cc(F)ccc1F. The maximum atomic E-state index is 13.6. The average Bonchev–Trinajstić information content (AvgIpc) is 2.29. The molecule has 1 rings (SSSR count). The molecule has 2 N–H and O–H groups in total. The normalized spacial score (nSPS) is 13.1. The van der Waals surface area contributed by atoms with Crippen molar-refractivity contribution >= 4 is 0 Å². The number of hydrogen-bond acceptors (Lipinski definition) is 2. The number of nitrogens with two attached hydrogens (primary N) is 1. The molecule has 1 atom stereocenters. The van der Waals surface area contributed by atoms with Gasteiger partial charge in [0.2, 0.25) is 0 Å². The smallest absolute Gasteiger partial charge is 0.128 e. The average molecular weight is 228 g/mol. The van der Waals surface area contributed by atoms with Gasteiger partial charge in [0.15, 0.2) is 0 Å². The lowest BCUT2D eigenvalue weighted by atomic mass is 10.0. The minimum Gasteiger partial charge on any atom is -0.329 e. The third-order valence-electron chi connectivity index (χ3n) is 2.79. The van der Waals surface area contributed by atoms with Gasteiger partial charge >= 0.3 is 0 Å². The second-order valence-electron chi connectivity index (χ2n) is 3.64. The van der Waals surface area contributed by atoms with E-state index in [0.29, 0.717) is 5.56 Å². The number of halogens is 2. The molecular formula is C12H18F2N2. The van der Waals surface area contributed by atoms with Crippen LogP contribution >= 0.6 is 0 Å². The maximum Gasteiger partial charge on any atom is 0.128 e. The fraction of sp³-hybridized carbons (Fsp3) is 0.500. The summed E-state index contributed by atoms with van der Waals surface area (Å²) in [7, 11) is 0. The molecule has 0 spiro atoms. The Bertz CT molecular complexity index is 338. The van der Waals surface area contributed by atoms with E-state index in [0.717, 1.165) is 25.2 Å². The lowest BCUT2D eigenvalue weighted by molar-refractivity contribution is 0.219. The molecule has 0 saturated heterocycles. The van der Waals surface area contributed by atoms with Crippen LogP contribution in [0.25, 0.3) is 0 Å². The van der Waals surface area contributed by atoms with Crippen LogP contribution in [0.2, 0.25) is 0 Å². The van der Waals surface area contributed by atoms with Crippen molar-refractivity contribution in [1.29, 1.82) is 0 Å². The summed E-state index contributed by atoms with van der Waals surface area (Å²) in [5, 5.41) is 0. The number of likely N-dealkylation sites (N-methyl/N-ethyl adjacent to an activating group) is 1. The van der Waals surface area contributed by atoms with Gasteiger partial charge in [-0.05, 0) is 31.3 Å². The first kappa shape index (κ1) is 13.1. The summed E-state index contributed by atoms with van der Waals surface area (Å²) in [6, 6.07) is 3.24. The van der Waals surface area contributed by atoms with Crippen molar-refractivity contribution in [3.8, 4) is 0 Å². The first-order valence-electron chi connectivity index (χ1n) is 5.53. The Morgan fingerprint density at radius 2 is 1.88 bits per heavy atom. The van der Waals surface area contributed by atoms with E-state index in [1.165, 1.54) is 6.07 Å².